The Morgan fingerprint density at radius 2 is 2.12 bits per heavy atom. The molecule has 1 N–H and O–H groups in total. The number of aromatic nitrogens is 1. The highest BCUT2D eigenvalue weighted by Gasteiger charge is 2.32. The van der Waals surface area contributed by atoms with Crippen molar-refractivity contribution < 1.29 is 27.5 Å². The predicted octanol–water partition coefficient (Wildman–Crippen LogP) is 2.17. The van der Waals surface area contributed by atoms with Crippen LogP contribution in [0.5, 0.6) is 0 Å². The van der Waals surface area contributed by atoms with Gasteiger partial charge in [-0.1, -0.05) is 16.8 Å². The molecule has 0 aromatic carbocycles. The monoisotopic (exact) mass is 392 g/mol. The van der Waals surface area contributed by atoms with E-state index >= 15 is 0 Å². The molecule has 0 radical (unpaired) electrons. The summed E-state index contributed by atoms with van der Waals surface area (Å²) in [7, 11) is 0. The summed E-state index contributed by atoms with van der Waals surface area (Å²) in [5, 5.41) is 6.49. The van der Waals surface area contributed by atoms with Crippen LogP contribution in [-0.4, -0.2) is 60.5 Å². The molecule has 0 unspecified atom stereocenters. The molecule has 3 heterocycles. The zero-order valence-corrected chi connectivity index (χ0v) is 14.3. The maximum Gasteiger partial charge on any atom is 0.417 e. The first-order chi connectivity index (χ1) is 12.3. The van der Waals surface area contributed by atoms with Crippen molar-refractivity contribution in [3.8, 4) is 0 Å². The second-order valence-corrected chi connectivity index (χ2v) is 6.21. The van der Waals surface area contributed by atoms with Crippen LogP contribution in [0.3, 0.4) is 0 Å². The fourth-order valence-electron chi connectivity index (χ4n) is 2.55. The number of nitrogens with one attached hydrogen (secondary N) is 1. The molecular formula is C15H16ClF3N4O3. The van der Waals surface area contributed by atoms with E-state index in [1.807, 2.05) is 0 Å². The van der Waals surface area contributed by atoms with Gasteiger partial charge in [-0.3, -0.25) is 4.79 Å². The number of amides is 1. The minimum Gasteiger partial charge on any atom is -0.390 e. The Labute approximate surface area is 152 Å². The van der Waals surface area contributed by atoms with Gasteiger partial charge in [0.05, 0.1) is 30.3 Å². The van der Waals surface area contributed by atoms with Gasteiger partial charge in [-0.15, -0.1) is 0 Å². The molecule has 1 aromatic heterocycles. The lowest BCUT2D eigenvalue weighted by molar-refractivity contribution is -0.137. The molecule has 0 saturated carbocycles. The molecule has 2 aliphatic heterocycles. The molecule has 2 aliphatic rings. The molecule has 11 heteroatoms. The summed E-state index contributed by atoms with van der Waals surface area (Å²) < 4.78 is 43.0. The number of hydrogen-bond donors (Lipinski definition) is 1. The number of ether oxygens (including phenoxy) is 1. The van der Waals surface area contributed by atoms with Gasteiger partial charge in [-0.2, -0.15) is 13.2 Å². The van der Waals surface area contributed by atoms with Gasteiger partial charge < -0.3 is 19.8 Å². The number of carbonyl (C=O) groups is 1. The van der Waals surface area contributed by atoms with Gasteiger partial charge in [-0.05, 0) is 6.07 Å². The highest BCUT2D eigenvalue weighted by Crippen LogP contribution is 2.32. The third-order valence-electron chi connectivity index (χ3n) is 3.94. The van der Waals surface area contributed by atoms with Crippen LogP contribution in [0.2, 0.25) is 5.02 Å². The minimum absolute atomic E-state index is 0.108. The topological polar surface area (TPSA) is 76.0 Å². The van der Waals surface area contributed by atoms with Crippen LogP contribution in [0.4, 0.5) is 19.0 Å². The summed E-state index contributed by atoms with van der Waals surface area (Å²) in [5.74, 6) is -0.0855. The average molecular weight is 393 g/mol. The fourth-order valence-corrected chi connectivity index (χ4v) is 2.78. The molecule has 0 spiro atoms. The molecule has 1 atom stereocenters. The average Bonchev–Trinajstić information content (AvgIpc) is 3.09. The van der Waals surface area contributed by atoms with E-state index in [-0.39, 0.29) is 23.3 Å². The molecular weight excluding hydrogens is 377 g/mol. The van der Waals surface area contributed by atoms with Crippen molar-refractivity contribution in [2.24, 2.45) is 5.16 Å². The maximum absolute atomic E-state index is 12.6. The number of morpholine rings is 1. The lowest BCUT2D eigenvalue weighted by atomic mass is 10.1. The second kappa shape index (κ2) is 7.67. The molecule has 3 rings (SSSR count). The van der Waals surface area contributed by atoms with Gasteiger partial charge in [-0.25, -0.2) is 4.98 Å². The summed E-state index contributed by atoms with van der Waals surface area (Å²) in [5.41, 5.74) is -0.614. The summed E-state index contributed by atoms with van der Waals surface area (Å²) in [6, 6.07) is 0.802. The lowest BCUT2D eigenvalue weighted by Gasteiger charge is -2.26. The zero-order chi connectivity index (χ0) is 18.7. The van der Waals surface area contributed by atoms with Crippen LogP contribution in [0.15, 0.2) is 17.4 Å². The van der Waals surface area contributed by atoms with Crippen molar-refractivity contribution in [1.29, 1.82) is 0 Å². The van der Waals surface area contributed by atoms with Crippen LogP contribution < -0.4 is 5.32 Å². The second-order valence-electron chi connectivity index (χ2n) is 5.81. The Bertz CT molecular complexity index is 708. The van der Waals surface area contributed by atoms with Gasteiger partial charge in [0.2, 0.25) is 0 Å². The van der Waals surface area contributed by atoms with Crippen LogP contribution in [-0.2, 0) is 20.5 Å². The van der Waals surface area contributed by atoms with Crippen molar-refractivity contribution in [2.75, 3.05) is 38.2 Å². The van der Waals surface area contributed by atoms with E-state index in [2.05, 4.69) is 15.5 Å². The SMILES string of the molecule is O=C(C1=NO[C@@H](CNc2ncc(C(F)(F)F)cc2Cl)C1)N1CCOCC1. The molecule has 142 valence electrons. The third kappa shape index (κ3) is 4.36. The van der Waals surface area contributed by atoms with Crippen LogP contribution in [0.1, 0.15) is 12.0 Å². The molecule has 0 aliphatic carbocycles. The highest BCUT2D eigenvalue weighted by atomic mass is 35.5. The Hall–Kier alpha value is -2.07. The number of hydrogen-bond acceptors (Lipinski definition) is 6. The van der Waals surface area contributed by atoms with Gasteiger partial charge >= 0.3 is 6.18 Å². The van der Waals surface area contributed by atoms with Crippen molar-refractivity contribution in [3.05, 3.63) is 22.8 Å². The first kappa shape index (κ1) is 18.7. The van der Waals surface area contributed by atoms with Gasteiger partial charge in [0.25, 0.3) is 5.91 Å². The number of rotatable bonds is 4. The van der Waals surface area contributed by atoms with Crippen molar-refractivity contribution in [2.45, 2.75) is 18.7 Å². The Balaban J connectivity index is 1.52. The van der Waals surface area contributed by atoms with E-state index in [1.54, 1.807) is 4.90 Å². The smallest absolute Gasteiger partial charge is 0.390 e. The Morgan fingerprint density at radius 1 is 1.38 bits per heavy atom. The molecule has 1 amide bonds. The largest absolute Gasteiger partial charge is 0.417 e. The quantitative estimate of drug-likeness (QED) is 0.850. The summed E-state index contributed by atoms with van der Waals surface area (Å²) in [4.78, 5) is 22.9. The summed E-state index contributed by atoms with van der Waals surface area (Å²) >= 11 is 5.83. The summed E-state index contributed by atoms with van der Waals surface area (Å²) in [6.07, 6.45) is -3.95. The van der Waals surface area contributed by atoms with Crippen LogP contribution >= 0.6 is 11.6 Å². The fraction of sp³-hybridized carbons (Fsp3) is 0.533. The van der Waals surface area contributed by atoms with Gasteiger partial charge in [0.1, 0.15) is 11.5 Å². The first-order valence-electron chi connectivity index (χ1n) is 7.91. The standard InChI is InChI=1S/C15H16ClF3N4O3/c16-11-5-9(15(17,18)19)7-20-13(11)21-8-10-6-12(22-26-10)14(24)23-1-3-25-4-2-23/h5,7,10H,1-4,6,8H2,(H,20,21)/t10-/m1/s1. The van der Waals surface area contributed by atoms with E-state index in [0.29, 0.717) is 44.6 Å². The number of nitrogens with zero attached hydrogens (tertiary/aromatic N) is 3. The van der Waals surface area contributed by atoms with E-state index in [4.69, 9.17) is 21.2 Å². The highest BCUT2D eigenvalue weighted by molar-refractivity contribution is 6.39. The molecule has 1 saturated heterocycles. The number of halogens is 4. The first-order valence-corrected chi connectivity index (χ1v) is 8.28. The Kier molecular flexibility index (Phi) is 5.52. The zero-order valence-electron chi connectivity index (χ0n) is 13.6. The van der Waals surface area contributed by atoms with E-state index in [1.165, 1.54) is 0 Å². The number of pyridine rings is 1. The minimum atomic E-state index is -4.51. The normalized spacial score (nSPS) is 20.5. The molecule has 7 nitrogen and oxygen atoms in total. The number of oxime groups is 1. The van der Waals surface area contributed by atoms with E-state index in [0.717, 1.165) is 6.07 Å². The van der Waals surface area contributed by atoms with Crippen LogP contribution in [0.25, 0.3) is 0 Å². The molecule has 26 heavy (non-hydrogen) atoms. The number of anilines is 1. The Morgan fingerprint density at radius 3 is 2.77 bits per heavy atom. The lowest BCUT2D eigenvalue weighted by Crippen LogP contribution is -2.44. The summed E-state index contributed by atoms with van der Waals surface area (Å²) in [6.45, 7) is 2.19. The third-order valence-corrected chi connectivity index (χ3v) is 4.23. The van der Waals surface area contributed by atoms with Crippen molar-refractivity contribution in [3.63, 3.8) is 0 Å². The van der Waals surface area contributed by atoms with Gasteiger partial charge in [0.15, 0.2) is 6.10 Å². The number of carbonyl (C=O) groups excluding carboxylic acids is 1. The van der Waals surface area contributed by atoms with Gasteiger partial charge in [0, 0.05) is 25.7 Å². The van der Waals surface area contributed by atoms with E-state index in [9.17, 15) is 18.0 Å². The van der Waals surface area contributed by atoms with Crippen molar-refractivity contribution >= 4 is 29.0 Å². The van der Waals surface area contributed by atoms with Crippen LogP contribution in [0, 0.1) is 0 Å². The molecule has 1 fully saturated rings. The molecule has 1 aromatic rings. The van der Waals surface area contributed by atoms with Crippen molar-refractivity contribution in [1.82, 2.24) is 9.88 Å². The number of alkyl halides is 3. The molecule has 0 bridgehead atoms. The maximum atomic E-state index is 12.6. The predicted molar refractivity (Wildman–Crippen MR) is 87.1 cm³/mol. The van der Waals surface area contributed by atoms with E-state index < -0.39 is 17.8 Å².